The van der Waals surface area contributed by atoms with Crippen LogP contribution in [0.5, 0.6) is 5.75 Å². The largest absolute Gasteiger partial charge is 0.494 e. The number of para-hydroxylation sites is 1. The minimum absolute atomic E-state index is 0.163. The Balaban J connectivity index is 0.000000186. The predicted octanol–water partition coefficient (Wildman–Crippen LogP) is 16.2. The minimum Gasteiger partial charge on any atom is -0.399 e. The third kappa shape index (κ3) is 8.69. The van der Waals surface area contributed by atoms with Crippen LogP contribution in [0.2, 0.25) is 0 Å². The van der Waals surface area contributed by atoms with E-state index in [1.807, 2.05) is 84.9 Å². The van der Waals surface area contributed by atoms with E-state index in [0.717, 1.165) is 101 Å². The topological polar surface area (TPSA) is 87.6 Å². The van der Waals surface area contributed by atoms with Gasteiger partial charge in [0.25, 0.3) is 0 Å². The number of rotatable bonds is 9. The van der Waals surface area contributed by atoms with Gasteiger partial charge in [0.2, 0.25) is 0 Å². The summed E-state index contributed by atoms with van der Waals surface area (Å²) in [6, 6.07) is 63.1. The van der Waals surface area contributed by atoms with Gasteiger partial charge in [-0.15, -0.1) is 0 Å². The molecule has 13 rings (SSSR count). The molecule has 1 fully saturated rings. The number of hydrogen-bond donors (Lipinski definition) is 0. The van der Waals surface area contributed by atoms with Gasteiger partial charge in [0, 0.05) is 11.6 Å². The SMILES string of the molecule is CC1(C)OB(c2ccc(-c3cc(-c4ccccn4)nc4ccccc34)cc2)OC1(C)C.O=S(=O)(Oc1ccc2cc(-c3ccc4c(c3)C3(c5ccccc5-c5ccccc53)c3ccccc3-4)ccc2c1)C(F)(F)C(F)(F)C(F)(F)C(F)(F)F. The van der Waals surface area contributed by atoms with E-state index in [9.17, 15) is 47.9 Å². The Hall–Kier alpha value is -8.32. The molecule has 418 valence electrons. The zero-order valence-electron chi connectivity index (χ0n) is 44.5. The maximum atomic E-state index is 14.3. The second-order valence-corrected chi connectivity index (χ2v) is 23.2. The van der Waals surface area contributed by atoms with E-state index >= 15 is 0 Å². The summed E-state index contributed by atoms with van der Waals surface area (Å²) < 4.78 is 161. The molecule has 1 aliphatic heterocycles. The van der Waals surface area contributed by atoms with E-state index in [0.29, 0.717) is 10.9 Å². The summed E-state index contributed by atoms with van der Waals surface area (Å²) in [6.07, 6.45) is -5.39. The zero-order chi connectivity index (χ0) is 58.7. The zero-order valence-corrected chi connectivity index (χ0v) is 45.3. The molecule has 8 aromatic carbocycles. The van der Waals surface area contributed by atoms with Crippen molar-refractivity contribution < 1.29 is 61.4 Å². The van der Waals surface area contributed by atoms with Gasteiger partial charge in [0.05, 0.1) is 33.5 Å². The van der Waals surface area contributed by atoms with Gasteiger partial charge in [0.1, 0.15) is 5.75 Å². The summed E-state index contributed by atoms with van der Waals surface area (Å²) in [5.41, 5.74) is 14.9. The molecule has 1 spiro atoms. The van der Waals surface area contributed by atoms with Gasteiger partial charge in [-0.05, 0) is 159 Å². The fourth-order valence-electron chi connectivity index (χ4n) is 11.3. The predicted molar refractivity (Wildman–Crippen MR) is 302 cm³/mol. The molecule has 0 radical (unpaired) electrons. The Morgan fingerprint density at radius 1 is 0.470 bits per heavy atom. The summed E-state index contributed by atoms with van der Waals surface area (Å²) in [4.78, 5) is 9.33. The monoisotopic (exact) mass is 1150 g/mol. The molecule has 3 aliphatic rings. The smallest absolute Gasteiger partial charge is 0.399 e. The number of fused-ring (bicyclic) bond motifs is 12. The van der Waals surface area contributed by atoms with Crippen LogP contribution >= 0.6 is 0 Å². The Labute approximate surface area is 471 Å². The fraction of sp³-hybridized carbons (Fsp3) is 0.169. The van der Waals surface area contributed by atoms with E-state index in [-0.39, 0.29) is 23.7 Å². The first-order valence-electron chi connectivity index (χ1n) is 26.2. The van der Waals surface area contributed by atoms with Crippen LogP contribution in [-0.4, -0.2) is 60.0 Å². The molecule has 10 aromatic rings. The Morgan fingerprint density at radius 3 is 1.57 bits per heavy atom. The van der Waals surface area contributed by atoms with E-state index in [2.05, 4.69) is 116 Å². The molecule has 3 heterocycles. The number of aromatic nitrogens is 2. The highest BCUT2D eigenvalue weighted by molar-refractivity contribution is 7.88. The van der Waals surface area contributed by atoms with Crippen LogP contribution < -0.4 is 9.65 Å². The fourth-order valence-corrected chi connectivity index (χ4v) is 12.2. The molecule has 0 unspecified atom stereocenters. The lowest BCUT2D eigenvalue weighted by atomic mass is 9.70. The van der Waals surface area contributed by atoms with Gasteiger partial charge >= 0.3 is 40.5 Å². The maximum absolute atomic E-state index is 14.3. The van der Waals surface area contributed by atoms with E-state index < -0.39 is 44.6 Å². The van der Waals surface area contributed by atoms with Gasteiger partial charge in [-0.3, -0.25) is 4.98 Å². The normalized spacial score (nSPS) is 15.8. The average molecular weight is 1150 g/mol. The highest BCUT2D eigenvalue weighted by Crippen LogP contribution is 2.63. The first kappa shape index (κ1) is 55.2. The second kappa shape index (κ2) is 19.4. The molecule has 2 aliphatic carbocycles. The van der Waals surface area contributed by atoms with Gasteiger partial charge in [-0.2, -0.15) is 47.9 Å². The van der Waals surface area contributed by atoms with Crippen molar-refractivity contribution in [2.75, 3.05) is 0 Å². The van der Waals surface area contributed by atoms with Gasteiger partial charge in [-0.1, -0.05) is 152 Å². The van der Waals surface area contributed by atoms with Crippen molar-refractivity contribution in [2.45, 2.75) is 67.6 Å². The summed E-state index contributed by atoms with van der Waals surface area (Å²) in [5, 5.41) is -5.28. The van der Waals surface area contributed by atoms with Crippen LogP contribution in [0.3, 0.4) is 0 Å². The number of halogens is 9. The maximum Gasteiger partial charge on any atom is 0.494 e. The van der Waals surface area contributed by atoms with E-state index in [1.165, 1.54) is 12.1 Å². The second-order valence-electron chi connectivity index (χ2n) is 21.6. The summed E-state index contributed by atoms with van der Waals surface area (Å²) >= 11 is 0. The number of benzene rings is 8. The highest BCUT2D eigenvalue weighted by Gasteiger charge is 2.86. The summed E-state index contributed by atoms with van der Waals surface area (Å²) in [7, 11) is -7.44. The lowest BCUT2D eigenvalue weighted by molar-refractivity contribution is -0.382. The molecule has 7 nitrogen and oxygen atoms in total. The van der Waals surface area contributed by atoms with Gasteiger partial charge < -0.3 is 13.5 Å². The number of nitrogens with zero attached hydrogens (tertiary/aromatic N) is 2. The van der Waals surface area contributed by atoms with Gasteiger partial charge in [0.15, 0.2) is 0 Å². The van der Waals surface area contributed by atoms with E-state index in [1.54, 1.807) is 18.3 Å². The van der Waals surface area contributed by atoms with Crippen LogP contribution in [0.1, 0.15) is 49.9 Å². The molecule has 0 atom stereocenters. The molecular formula is C65H46BF9N2O5S. The summed E-state index contributed by atoms with van der Waals surface area (Å²) in [5.74, 6) is -15.8. The highest BCUT2D eigenvalue weighted by atomic mass is 32.2. The Kier molecular flexibility index (Phi) is 12.9. The van der Waals surface area contributed by atoms with Crippen LogP contribution in [0.15, 0.2) is 206 Å². The van der Waals surface area contributed by atoms with Crippen molar-refractivity contribution >= 4 is 44.4 Å². The quantitative estimate of drug-likeness (QED) is 0.0808. The first-order chi connectivity index (χ1) is 39.3. The molecule has 0 amide bonds. The van der Waals surface area contributed by atoms with Crippen LogP contribution in [0.4, 0.5) is 39.5 Å². The van der Waals surface area contributed by atoms with Crippen molar-refractivity contribution in [2.24, 2.45) is 0 Å². The first-order valence-corrected chi connectivity index (χ1v) is 27.6. The molecular weight excluding hydrogens is 1100 g/mol. The molecule has 0 saturated carbocycles. The van der Waals surface area contributed by atoms with Crippen molar-refractivity contribution in [3.8, 4) is 61.6 Å². The third-order valence-corrected chi connectivity index (χ3v) is 17.5. The lowest BCUT2D eigenvalue weighted by Crippen LogP contribution is -2.63. The molecule has 83 heavy (non-hydrogen) atoms. The van der Waals surface area contributed by atoms with Crippen molar-refractivity contribution in [1.29, 1.82) is 0 Å². The number of alkyl halides is 9. The minimum atomic E-state index is -7.40. The standard InChI is InChI=1S/C39H21F9O3S.C26H25BN2O2/c40-36(41,38(44,45)46)37(42,43)39(47,48)52(49,50)51-26-17-15-23-19-22(13-14-24(23)20-26)25-16-18-30-29-9-3-6-12-33(29)35(34(30)21-25)31-10-4-1-7-27(31)28-8-2-5-11-32(28)35;1-25(2)26(3,4)31-27(30-25)19-14-12-18(13-15-19)21-17-24(23-11-7-8-16-28-23)29-22-10-6-5-9-20(21)22/h1-21H;5-17H,1-4H3. The molecule has 1 saturated heterocycles. The molecule has 18 heteroatoms. The van der Waals surface area contributed by atoms with Crippen molar-refractivity contribution in [1.82, 2.24) is 9.97 Å². The third-order valence-electron chi connectivity index (χ3n) is 16.2. The van der Waals surface area contributed by atoms with Crippen molar-refractivity contribution in [3.05, 3.63) is 229 Å². The van der Waals surface area contributed by atoms with Crippen LogP contribution in [-0.2, 0) is 24.8 Å². The molecule has 2 aromatic heterocycles. The van der Waals surface area contributed by atoms with Crippen LogP contribution in [0, 0.1) is 0 Å². The summed E-state index contributed by atoms with van der Waals surface area (Å²) in [6.45, 7) is 8.29. The lowest BCUT2D eigenvalue weighted by Gasteiger charge is -2.32. The van der Waals surface area contributed by atoms with E-state index in [4.69, 9.17) is 14.3 Å². The average Bonchev–Trinajstić information content (AvgIpc) is 1.57. The van der Waals surface area contributed by atoms with Crippen molar-refractivity contribution in [3.63, 3.8) is 0 Å². The van der Waals surface area contributed by atoms with Gasteiger partial charge in [-0.25, -0.2) is 4.98 Å². The number of pyridine rings is 2. The molecule has 0 bridgehead atoms. The number of hydrogen-bond acceptors (Lipinski definition) is 7. The van der Waals surface area contributed by atoms with Crippen LogP contribution in [0.25, 0.3) is 77.6 Å². The Morgan fingerprint density at radius 2 is 0.976 bits per heavy atom. The Bertz CT molecular complexity index is 4250. The molecule has 0 N–H and O–H groups in total.